The summed E-state index contributed by atoms with van der Waals surface area (Å²) < 4.78 is 12.7. The molecule has 0 saturated carbocycles. The molecule has 0 radical (unpaired) electrons. The van der Waals surface area contributed by atoms with Gasteiger partial charge in [0.05, 0.1) is 17.6 Å². The van der Waals surface area contributed by atoms with Gasteiger partial charge in [-0.1, -0.05) is 12.1 Å². The van der Waals surface area contributed by atoms with Gasteiger partial charge in [-0.3, -0.25) is 4.79 Å². The van der Waals surface area contributed by atoms with E-state index >= 15 is 0 Å². The number of imidazole rings is 1. The Morgan fingerprint density at radius 3 is 2.58 bits per heavy atom. The Morgan fingerprint density at radius 2 is 1.90 bits per heavy atom. The minimum absolute atomic E-state index is 0.170. The van der Waals surface area contributed by atoms with Crippen molar-refractivity contribution in [3.63, 3.8) is 0 Å². The number of aromatic nitrogens is 2. The Bertz CT molecular complexity index is 895. The first-order chi connectivity index (χ1) is 14.8. The largest absolute Gasteiger partial charge is 0.466 e. The van der Waals surface area contributed by atoms with E-state index in [2.05, 4.69) is 9.88 Å². The highest BCUT2D eigenvalue weighted by Gasteiger charge is 2.27. The van der Waals surface area contributed by atoms with Crippen LogP contribution >= 0.6 is 0 Å². The van der Waals surface area contributed by atoms with E-state index in [1.165, 1.54) is 0 Å². The molecule has 170 valence electrons. The quantitative estimate of drug-likeness (QED) is 0.663. The van der Waals surface area contributed by atoms with Crippen molar-refractivity contribution in [1.82, 2.24) is 14.5 Å². The summed E-state index contributed by atoms with van der Waals surface area (Å²) in [4.78, 5) is 30.5. The summed E-state index contributed by atoms with van der Waals surface area (Å²) in [5, 5.41) is 3.57. The van der Waals surface area contributed by atoms with Crippen molar-refractivity contribution >= 4 is 29.0 Å². The smallest absolute Gasteiger partial charge is 0.410 e. The normalized spacial score (nSPS) is 15.2. The van der Waals surface area contributed by atoms with Crippen LogP contribution < -0.4 is 5.32 Å². The van der Waals surface area contributed by atoms with Gasteiger partial charge in [0.1, 0.15) is 5.60 Å². The number of nitrogens with zero attached hydrogens (tertiary/aromatic N) is 3. The SMILES string of the molecule is CCOC(=O)CCCn1c(NC2CCN(C(=O)OC(C)(C)C)CC2)nc2ccccc21. The van der Waals surface area contributed by atoms with Crippen molar-refractivity contribution in [2.45, 2.75) is 71.6 Å². The van der Waals surface area contributed by atoms with Crippen molar-refractivity contribution in [2.24, 2.45) is 0 Å². The first-order valence-corrected chi connectivity index (χ1v) is 11.1. The lowest BCUT2D eigenvalue weighted by Crippen LogP contribution is -2.44. The molecule has 1 aliphatic rings. The fourth-order valence-electron chi connectivity index (χ4n) is 3.74. The van der Waals surface area contributed by atoms with Crippen molar-refractivity contribution in [3.8, 4) is 0 Å². The monoisotopic (exact) mass is 430 g/mol. The van der Waals surface area contributed by atoms with Gasteiger partial charge in [0.2, 0.25) is 5.95 Å². The highest BCUT2D eigenvalue weighted by molar-refractivity contribution is 5.78. The van der Waals surface area contributed by atoms with E-state index < -0.39 is 5.60 Å². The standard InChI is InChI=1S/C23H34N4O4/c1-5-30-20(28)11-8-14-27-19-10-7-6-9-18(19)25-21(27)24-17-12-15-26(16-13-17)22(29)31-23(2,3)4/h6-7,9-10,17H,5,8,11-16H2,1-4H3,(H,24,25). The number of hydrogen-bond acceptors (Lipinski definition) is 6. The zero-order chi connectivity index (χ0) is 22.4. The number of carbonyl (C=O) groups excluding carboxylic acids is 2. The number of benzene rings is 1. The number of ether oxygens (including phenoxy) is 2. The van der Waals surface area contributed by atoms with Crippen molar-refractivity contribution in [2.75, 3.05) is 25.0 Å². The van der Waals surface area contributed by atoms with Crippen molar-refractivity contribution < 1.29 is 19.1 Å². The number of rotatable bonds is 7. The van der Waals surface area contributed by atoms with Crippen LogP contribution in [-0.2, 0) is 20.8 Å². The molecule has 0 bridgehead atoms. The predicted octanol–water partition coefficient (Wildman–Crippen LogP) is 4.19. The predicted molar refractivity (Wildman–Crippen MR) is 120 cm³/mol. The van der Waals surface area contributed by atoms with Crippen LogP contribution in [0.1, 0.15) is 53.4 Å². The van der Waals surface area contributed by atoms with Crippen LogP contribution in [0.2, 0.25) is 0 Å². The molecule has 8 heteroatoms. The number of hydrogen-bond donors (Lipinski definition) is 1. The first-order valence-electron chi connectivity index (χ1n) is 11.1. The average Bonchev–Trinajstić information content (AvgIpc) is 3.05. The summed E-state index contributed by atoms with van der Waals surface area (Å²) in [6, 6.07) is 8.23. The molecule has 0 unspecified atom stereocenters. The Kier molecular flexibility index (Phi) is 7.41. The van der Waals surface area contributed by atoms with Gasteiger partial charge in [0.25, 0.3) is 0 Å². The number of likely N-dealkylation sites (tertiary alicyclic amines) is 1. The number of anilines is 1. The highest BCUT2D eigenvalue weighted by atomic mass is 16.6. The fraction of sp³-hybridized carbons (Fsp3) is 0.609. The zero-order valence-corrected chi connectivity index (χ0v) is 19.0. The molecule has 1 aliphatic heterocycles. The fourth-order valence-corrected chi connectivity index (χ4v) is 3.74. The van der Waals surface area contributed by atoms with Crippen LogP contribution in [0.5, 0.6) is 0 Å². The number of para-hydroxylation sites is 2. The molecule has 1 aromatic carbocycles. The van der Waals surface area contributed by atoms with Crippen LogP contribution in [0, 0.1) is 0 Å². The molecular formula is C23H34N4O4. The molecule has 3 rings (SSSR count). The van der Waals surface area contributed by atoms with Gasteiger partial charge in [-0.05, 0) is 59.1 Å². The maximum atomic E-state index is 12.3. The molecule has 2 heterocycles. The Labute approximate surface area is 183 Å². The van der Waals surface area contributed by atoms with E-state index in [0.717, 1.165) is 29.8 Å². The third-order valence-electron chi connectivity index (χ3n) is 5.20. The number of esters is 1. The van der Waals surface area contributed by atoms with Gasteiger partial charge in [-0.25, -0.2) is 9.78 Å². The summed E-state index contributed by atoms with van der Waals surface area (Å²) in [5.41, 5.74) is 1.48. The van der Waals surface area contributed by atoms with Gasteiger partial charge in [0, 0.05) is 32.1 Å². The molecule has 0 aliphatic carbocycles. The minimum Gasteiger partial charge on any atom is -0.466 e. The van der Waals surface area contributed by atoms with E-state index in [0.29, 0.717) is 39.1 Å². The van der Waals surface area contributed by atoms with Crippen LogP contribution in [0.3, 0.4) is 0 Å². The molecule has 1 fully saturated rings. The third-order valence-corrected chi connectivity index (χ3v) is 5.20. The number of piperidine rings is 1. The maximum Gasteiger partial charge on any atom is 0.410 e. The molecule has 0 spiro atoms. The molecule has 31 heavy (non-hydrogen) atoms. The molecule has 1 amide bonds. The molecule has 1 saturated heterocycles. The summed E-state index contributed by atoms with van der Waals surface area (Å²) >= 11 is 0. The lowest BCUT2D eigenvalue weighted by Gasteiger charge is -2.34. The topological polar surface area (TPSA) is 85.7 Å². The molecule has 2 aromatic rings. The van der Waals surface area contributed by atoms with Crippen molar-refractivity contribution in [3.05, 3.63) is 24.3 Å². The summed E-state index contributed by atoms with van der Waals surface area (Å²) in [6.45, 7) is 9.84. The second kappa shape index (κ2) is 10.0. The molecular weight excluding hydrogens is 396 g/mol. The van der Waals surface area contributed by atoms with Gasteiger partial charge < -0.3 is 24.3 Å². The number of carbonyl (C=O) groups is 2. The summed E-state index contributed by atoms with van der Waals surface area (Å²) in [6.07, 6.45) is 2.47. The van der Waals surface area contributed by atoms with Crippen LogP contribution in [0.4, 0.5) is 10.7 Å². The number of nitrogens with one attached hydrogen (secondary N) is 1. The molecule has 1 N–H and O–H groups in total. The van der Waals surface area contributed by atoms with E-state index in [9.17, 15) is 9.59 Å². The lowest BCUT2D eigenvalue weighted by atomic mass is 10.1. The van der Waals surface area contributed by atoms with E-state index in [1.807, 2.05) is 52.0 Å². The average molecular weight is 431 g/mol. The zero-order valence-electron chi connectivity index (χ0n) is 19.0. The Balaban J connectivity index is 1.62. The second-order valence-electron chi connectivity index (χ2n) is 8.87. The third kappa shape index (κ3) is 6.35. The molecule has 8 nitrogen and oxygen atoms in total. The van der Waals surface area contributed by atoms with Crippen LogP contribution in [-0.4, -0.2) is 57.9 Å². The maximum absolute atomic E-state index is 12.3. The highest BCUT2D eigenvalue weighted by Crippen LogP contribution is 2.24. The van der Waals surface area contributed by atoms with Gasteiger partial charge in [-0.2, -0.15) is 0 Å². The van der Waals surface area contributed by atoms with Gasteiger partial charge >= 0.3 is 12.1 Å². The number of fused-ring (bicyclic) bond motifs is 1. The minimum atomic E-state index is -0.486. The van der Waals surface area contributed by atoms with Crippen LogP contribution in [0.15, 0.2) is 24.3 Å². The van der Waals surface area contributed by atoms with Crippen molar-refractivity contribution in [1.29, 1.82) is 0 Å². The van der Waals surface area contributed by atoms with E-state index in [-0.39, 0.29) is 18.1 Å². The van der Waals surface area contributed by atoms with E-state index in [4.69, 9.17) is 14.5 Å². The Hall–Kier alpha value is -2.77. The van der Waals surface area contributed by atoms with Gasteiger partial charge in [-0.15, -0.1) is 0 Å². The summed E-state index contributed by atoms with van der Waals surface area (Å²) in [7, 11) is 0. The summed E-state index contributed by atoms with van der Waals surface area (Å²) in [5.74, 6) is 0.636. The lowest BCUT2D eigenvalue weighted by molar-refractivity contribution is -0.143. The molecule has 1 aromatic heterocycles. The molecule has 0 atom stereocenters. The van der Waals surface area contributed by atoms with Crippen LogP contribution in [0.25, 0.3) is 11.0 Å². The number of amides is 1. The second-order valence-corrected chi connectivity index (χ2v) is 8.87. The van der Waals surface area contributed by atoms with Gasteiger partial charge in [0.15, 0.2) is 0 Å². The number of aryl methyl sites for hydroxylation is 1. The Morgan fingerprint density at radius 1 is 1.19 bits per heavy atom. The first kappa shape index (κ1) is 22.9. The van der Waals surface area contributed by atoms with E-state index in [1.54, 1.807) is 4.90 Å².